The van der Waals surface area contributed by atoms with Crippen molar-refractivity contribution in [2.75, 3.05) is 0 Å². The van der Waals surface area contributed by atoms with Crippen molar-refractivity contribution in [2.24, 2.45) is 11.8 Å². The molecule has 1 aromatic carbocycles. The van der Waals surface area contributed by atoms with E-state index < -0.39 is 0 Å². The van der Waals surface area contributed by atoms with Gasteiger partial charge in [0.1, 0.15) is 0 Å². The highest BCUT2D eigenvalue weighted by molar-refractivity contribution is 6.42. The number of hydrogen-bond acceptors (Lipinski definition) is 1. The Morgan fingerprint density at radius 2 is 1.89 bits per heavy atom. The molecule has 19 heavy (non-hydrogen) atoms. The van der Waals surface area contributed by atoms with Crippen LogP contribution in [0.4, 0.5) is 0 Å². The number of hydrogen-bond donors (Lipinski definition) is 1. The van der Waals surface area contributed by atoms with E-state index in [4.69, 9.17) is 23.2 Å². The Balaban J connectivity index is 2.20. The molecule has 0 amide bonds. The third-order valence-corrected chi connectivity index (χ3v) is 4.80. The molecule has 4 heteroatoms. The lowest BCUT2D eigenvalue weighted by atomic mass is 9.79. The van der Waals surface area contributed by atoms with Crippen LogP contribution in [-0.2, 0) is 6.42 Å². The predicted octanol–water partition coefficient (Wildman–Crippen LogP) is 4.88. The number of carbonyl (C=O) groups is 1. The van der Waals surface area contributed by atoms with Gasteiger partial charge in [0.05, 0.1) is 15.7 Å². The van der Waals surface area contributed by atoms with E-state index in [1.54, 1.807) is 6.07 Å². The normalized spacial score (nSPS) is 19.2. The number of fused-ring (bicyclic) bond motifs is 3. The highest BCUT2D eigenvalue weighted by Crippen LogP contribution is 2.37. The smallest absolute Gasteiger partial charge is 0.179 e. The van der Waals surface area contributed by atoms with Crippen LogP contribution in [0.3, 0.4) is 0 Å². The van der Waals surface area contributed by atoms with Crippen LogP contribution in [0.5, 0.6) is 0 Å². The SMILES string of the molecule is CC(C)C1CC(=O)c2[nH]c3cc(Cl)c(Cl)cc3c2C1. The maximum atomic E-state index is 12.2. The molecular formula is C15H15Cl2NO. The molecule has 1 aliphatic rings. The van der Waals surface area contributed by atoms with Gasteiger partial charge in [-0.15, -0.1) is 0 Å². The summed E-state index contributed by atoms with van der Waals surface area (Å²) in [6.07, 6.45) is 1.55. The molecule has 1 aromatic heterocycles. The zero-order chi connectivity index (χ0) is 13.7. The monoisotopic (exact) mass is 295 g/mol. The van der Waals surface area contributed by atoms with E-state index in [0.717, 1.165) is 28.6 Å². The minimum atomic E-state index is 0.198. The van der Waals surface area contributed by atoms with Crippen molar-refractivity contribution in [1.29, 1.82) is 0 Å². The molecular weight excluding hydrogens is 281 g/mol. The van der Waals surface area contributed by atoms with Crippen molar-refractivity contribution in [3.8, 4) is 0 Å². The lowest BCUT2D eigenvalue weighted by Gasteiger charge is -2.24. The van der Waals surface area contributed by atoms with Gasteiger partial charge >= 0.3 is 0 Å². The van der Waals surface area contributed by atoms with Crippen molar-refractivity contribution in [1.82, 2.24) is 4.98 Å². The second-order valence-electron chi connectivity index (χ2n) is 5.63. The Labute approximate surface area is 122 Å². The van der Waals surface area contributed by atoms with Gasteiger partial charge in [-0.05, 0) is 36.0 Å². The Bertz CT molecular complexity index is 672. The van der Waals surface area contributed by atoms with Gasteiger partial charge in [-0.25, -0.2) is 0 Å². The summed E-state index contributed by atoms with van der Waals surface area (Å²) in [5.74, 6) is 1.11. The van der Waals surface area contributed by atoms with Crippen LogP contribution in [0.1, 0.15) is 36.3 Å². The minimum absolute atomic E-state index is 0.198. The number of nitrogens with one attached hydrogen (secondary N) is 1. The number of ketones is 1. The van der Waals surface area contributed by atoms with E-state index in [-0.39, 0.29) is 5.78 Å². The van der Waals surface area contributed by atoms with Crippen LogP contribution in [0.2, 0.25) is 10.0 Å². The molecule has 1 aliphatic carbocycles. The highest BCUT2D eigenvalue weighted by atomic mass is 35.5. The van der Waals surface area contributed by atoms with E-state index in [9.17, 15) is 4.79 Å². The van der Waals surface area contributed by atoms with Gasteiger partial charge in [-0.2, -0.15) is 0 Å². The molecule has 1 unspecified atom stereocenters. The van der Waals surface area contributed by atoms with Gasteiger partial charge in [-0.3, -0.25) is 4.79 Å². The van der Waals surface area contributed by atoms with Gasteiger partial charge < -0.3 is 4.98 Å². The predicted molar refractivity (Wildman–Crippen MR) is 79.3 cm³/mol. The molecule has 2 nitrogen and oxygen atoms in total. The van der Waals surface area contributed by atoms with Gasteiger partial charge in [0.25, 0.3) is 0 Å². The summed E-state index contributed by atoms with van der Waals surface area (Å²) >= 11 is 12.1. The molecule has 1 N–H and O–H groups in total. The Morgan fingerprint density at radius 3 is 2.58 bits per heavy atom. The largest absolute Gasteiger partial charge is 0.352 e. The van der Waals surface area contributed by atoms with Crippen molar-refractivity contribution in [2.45, 2.75) is 26.7 Å². The molecule has 1 atom stereocenters. The standard InChI is InChI=1S/C15H15Cl2NO/c1-7(2)8-3-10-9-5-11(16)12(17)6-13(9)18-15(10)14(19)4-8/h5-8,18H,3-4H2,1-2H3. The molecule has 0 radical (unpaired) electrons. The fourth-order valence-corrected chi connectivity index (χ4v) is 3.17. The van der Waals surface area contributed by atoms with Crippen LogP contribution in [0.25, 0.3) is 10.9 Å². The van der Waals surface area contributed by atoms with E-state index in [1.807, 2.05) is 6.07 Å². The van der Waals surface area contributed by atoms with Gasteiger partial charge in [0.15, 0.2) is 5.78 Å². The number of halogens is 2. The molecule has 1 heterocycles. The summed E-state index contributed by atoms with van der Waals surface area (Å²) in [5, 5.41) is 2.08. The third-order valence-electron chi connectivity index (χ3n) is 4.08. The molecule has 3 rings (SSSR count). The molecule has 0 bridgehead atoms. The average molecular weight is 296 g/mol. The van der Waals surface area contributed by atoms with Crippen LogP contribution >= 0.6 is 23.2 Å². The fourth-order valence-electron chi connectivity index (χ4n) is 2.84. The summed E-state index contributed by atoms with van der Waals surface area (Å²) in [6, 6.07) is 3.67. The third kappa shape index (κ3) is 2.07. The number of aromatic nitrogens is 1. The Hall–Kier alpha value is -0.990. The van der Waals surface area contributed by atoms with E-state index in [2.05, 4.69) is 18.8 Å². The number of H-pyrrole nitrogens is 1. The first-order valence-corrected chi connectivity index (χ1v) is 7.25. The van der Waals surface area contributed by atoms with Gasteiger partial charge in [-0.1, -0.05) is 37.0 Å². The maximum Gasteiger partial charge on any atom is 0.179 e. The van der Waals surface area contributed by atoms with Crippen LogP contribution in [0, 0.1) is 11.8 Å². The summed E-state index contributed by atoms with van der Waals surface area (Å²) in [4.78, 5) is 15.4. The van der Waals surface area contributed by atoms with Crippen molar-refractivity contribution in [3.05, 3.63) is 33.4 Å². The van der Waals surface area contributed by atoms with E-state index in [1.165, 1.54) is 0 Å². The summed E-state index contributed by atoms with van der Waals surface area (Å²) in [7, 11) is 0. The zero-order valence-electron chi connectivity index (χ0n) is 10.9. The molecule has 0 saturated carbocycles. The average Bonchev–Trinajstić information content (AvgIpc) is 2.68. The Morgan fingerprint density at radius 1 is 1.21 bits per heavy atom. The van der Waals surface area contributed by atoms with Crippen LogP contribution in [-0.4, -0.2) is 10.8 Å². The van der Waals surface area contributed by atoms with Crippen LogP contribution in [0.15, 0.2) is 12.1 Å². The lowest BCUT2D eigenvalue weighted by Crippen LogP contribution is -2.23. The topological polar surface area (TPSA) is 32.9 Å². The molecule has 0 spiro atoms. The lowest BCUT2D eigenvalue weighted by molar-refractivity contribution is 0.0929. The second kappa shape index (κ2) is 4.53. The van der Waals surface area contributed by atoms with Crippen molar-refractivity contribution >= 4 is 39.9 Å². The first-order valence-electron chi connectivity index (χ1n) is 6.50. The highest BCUT2D eigenvalue weighted by Gasteiger charge is 2.30. The number of aromatic amines is 1. The Kier molecular flexibility index (Phi) is 3.11. The van der Waals surface area contributed by atoms with Crippen LogP contribution < -0.4 is 0 Å². The number of benzene rings is 1. The summed E-state index contributed by atoms with van der Waals surface area (Å²) in [6.45, 7) is 4.34. The van der Waals surface area contributed by atoms with E-state index >= 15 is 0 Å². The minimum Gasteiger partial charge on any atom is -0.352 e. The van der Waals surface area contributed by atoms with E-state index in [0.29, 0.717) is 28.3 Å². The van der Waals surface area contributed by atoms with Gasteiger partial charge in [0.2, 0.25) is 0 Å². The fraction of sp³-hybridized carbons (Fsp3) is 0.400. The molecule has 0 saturated heterocycles. The molecule has 100 valence electrons. The van der Waals surface area contributed by atoms with Crippen molar-refractivity contribution in [3.63, 3.8) is 0 Å². The maximum absolute atomic E-state index is 12.2. The summed E-state index contributed by atoms with van der Waals surface area (Å²) < 4.78 is 0. The first kappa shape index (κ1) is 13.0. The first-order chi connectivity index (χ1) is 8.97. The summed E-state index contributed by atoms with van der Waals surface area (Å²) in [5.41, 5.74) is 2.74. The number of rotatable bonds is 1. The number of carbonyl (C=O) groups excluding carboxylic acids is 1. The van der Waals surface area contributed by atoms with Crippen molar-refractivity contribution < 1.29 is 4.79 Å². The van der Waals surface area contributed by atoms with Gasteiger partial charge in [0, 0.05) is 17.3 Å². The number of Topliss-reactive ketones (excluding diaryl/α,β-unsaturated/α-hetero) is 1. The molecule has 0 aliphatic heterocycles. The second-order valence-corrected chi connectivity index (χ2v) is 6.44. The quantitative estimate of drug-likeness (QED) is 0.799. The molecule has 2 aromatic rings. The zero-order valence-corrected chi connectivity index (χ0v) is 12.4. The molecule has 0 fully saturated rings.